The smallest absolute Gasteiger partial charge is 0.191 e. The number of halogens is 1. The molecule has 1 unspecified atom stereocenters. The van der Waals surface area contributed by atoms with Crippen LogP contribution in [-0.4, -0.2) is 62.0 Å². The second kappa shape index (κ2) is 12.5. The van der Waals surface area contributed by atoms with Crippen molar-refractivity contribution in [2.45, 2.75) is 32.4 Å². The normalized spacial score (nSPS) is 16.2. The van der Waals surface area contributed by atoms with Crippen molar-refractivity contribution in [3.63, 3.8) is 0 Å². The lowest BCUT2D eigenvalue weighted by atomic mass is 10.2. The number of aliphatic imine (C=N–C) groups is 1. The lowest BCUT2D eigenvalue weighted by Gasteiger charge is -2.21. The first-order chi connectivity index (χ1) is 14.2. The molecular formula is C21H33IN6O2. The van der Waals surface area contributed by atoms with Crippen molar-refractivity contribution >= 4 is 35.6 Å². The van der Waals surface area contributed by atoms with Gasteiger partial charge in [0, 0.05) is 75.0 Å². The van der Waals surface area contributed by atoms with E-state index in [0.717, 1.165) is 68.7 Å². The molecule has 9 heteroatoms. The third kappa shape index (κ3) is 6.96. The molecule has 1 aliphatic rings. The highest BCUT2D eigenvalue weighted by Gasteiger charge is 2.24. The predicted molar refractivity (Wildman–Crippen MR) is 132 cm³/mol. The summed E-state index contributed by atoms with van der Waals surface area (Å²) in [5, 5.41) is 6.94. The van der Waals surface area contributed by atoms with Crippen LogP contribution in [0.5, 0.6) is 11.5 Å². The van der Waals surface area contributed by atoms with Crippen molar-refractivity contribution in [2.24, 2.45) is 4.99 Å². The summed E-state index contributed by atoms with van der Waals surface area (Å²) in [5.74, 6) is 2.50. The van der Waals surface area contributed by atoms with Gasteiger partial charge in [0.15, 0.2) is 5.96 Å². The summed E-state index contributed by atoms with van der Waals surface area (Å²) in [6, 6.07) is 6.36. The lowest BCUT2D eigenvalue weighted by molar-refractivity contribution is 0.394. The van der Waals surface area contributed by atoms with Gasteiger partial charge in [-0.3, -0.25) is 4.99 Å². The second-order valence-corrected chi connectivity index (χ2v) is 7.06. The van der Waals surface area contributed by atoms with Gasteiger partial charge >= 0.3 is 0 Å². The number of anilines is 1. The van der Waals surface area contributed by atoms with Crippen LogP contribution >= 0.6 is 24.0 Å². The Balaban J connectivity index is 0.00000320. The zero-order valence-corrected chi connectivity index (χ0v) is 20.3. The SMILES string of the molecule is CCNC(=NCCCn1ccnc1)NC1CCN(c2cc(OC)cc(OC)c2)C1.I. The van der Waals surface area contributed by atoms with Gasteiger partial charge in [-0.25, -0.2) is 4.98 Å². The van der Waals surface area contributed by atoms with Crippen LogP contribution in [0.15, 0.2) is 41.9 Å². The van der Waals surface area contributed by atoms with Crippen molar-refractivity contribution < 1.29 is 9.47 Å². The minimum Gasteiger partial charge on any atom is -0.497 e. The van der Waals surface area contributed by atoms with Crippen molar-refractivity contribution in [3.8, 4) is 11.5 Å². The number of guanidine groups is 1. The predicted octanol–water partition coefficient (Wildman–Crippen LogP) is 2.74. The molecule has 2 heterocycles. The first kappa shape index (κ1) is 24.1. The maximum Gasteiger partial charge on any atom is 0.191 e. The molecule has 3 rings (SSSR count). The maximum absolute atomic E-state index is 5.40. The Hall–Kier alpha value is -2.17. The van der Waals surface area contributed by atoms with E-state index in [-0.39, 0.29) is 24.0 Å². The number of methoxy groups -OCH3 is 2. The van der Waals surface area contributed by atoms with Gasteiger partial charge in [-0.2, -0.15) is 0 Å². The topological polar surface area (TPSA) is 75.9 Å². The maximum atomic E-state index is 5.40. The van der Waals surface area contributed by atoms with Crippen LogP contribution in [-0.2, 0) is 6.54 Å². The van der Waals surface area contributed by atoms with Crippen LogP contribution < -0.4 is 25.0 Å². The van der Waals surface area contributed by atoms with E-state index in [1.54, 1.807) is 20.4 Å². The van der Waals surface area contributed by atoms with Crippen LogP contribution in [0.3, 0.4) is 0 Å². The first-order valence-electron chi connectivity index (χ1n) is 10.2. The summed E-state index contributed by atoms with van der Waals surface area (Å²) in [6.45, 7) is 6.53. The average molecular weight is 528 g/mol. The quantitative estimate of drug-likeness (QED) is 0.226. The summed E-state index contributed by atoms with van der Waals surface area (Å²) in [4.78, 5) is 11.2. The third-order valence-corrected chi connectivity index (χ3v) is 4.98. The Labute approximate surface area is 196 Å². The summed E-state index contributed by atoms with van der Waals surface area (Å²) in [7, 11) is 3.36. The molecule has 0 radical (unpaired) electrons. The fourth-order valence-corrected chi connectivity index (χ4v) is 3.46. The molecule has 1 atom stereocenters. The third-order valence-electron chi connectivity index (χ3n) is 4.98. The van der Waals surface area contributed by atoms with Crippen LogP contribution in [0.25, 0.3) is 0 Å². The first-order valence-corrected chi connectivity index (χ1v) is 10.2. The van der Waals surface area contributed by atoms with Crippen molar-refractivity contribution in [1.82, 2.24) is 20.2 Å². The van der Waals surface area contributed by atoms with Gasteiger partial charge < -0.3 is 29.6 Å². The number of ether oxygens (including phenoxy) is 2. The zero-order valence-electron chi connectivity index (χ0n) is 18.0. The molecule has 166 valence electrons. The Morgan fingerprint density at radius 3 is 2.63 bits per heavy atom. The largest absolute Gasteiger partial charge is 0.497 e. The molecule has 2 N–H and O–H groups in total. The Morgan fingerprint density at radius 2 is 2.00 bits per heavy atom. The molecule has 1 aromatic heterocycles. The standard InChI is InChI=1S/C21H32N6O2.HI/c1-4-23-21(24-7-5-9-26-11-8-22-16-26)25-17-6-10-27(15-17)18-12-19(28-2)14-20(13-18)29-3;/h8,11-14,16-17H,4-7,9-10,15H2,1-3H3,(H2,23,24,25);1H. The molecular weight excluding hydrogens is 495 g/mol. The van der Waals surface area contributed by atoms with Crippen molar-refractivity contribution in [3.05, 3.63) is 36.9 Å². The number of hydrogen-bond donors (Lipinski definition) is 2. The molecule has 1 fully saturated rings. The zero-order chi connectivity index (χ0) is 20.5. The minimum atomic E-state index is 0. The van der Waals surface area contributed by atoms with Crippen molar-refractivity contribution in [1.29, 1.82) is 0 Å². The van der Waals surface area contributed by atoms with Crippen LogP contribution in [0.2, 0.25) is 0 Å². The number of nitrogens with one attached hydrogen (secondary N) is 2. The van der Waals surface area contributed by atoms with Gasteiger partial charge in [0.1, 0.15) is 11.5 Å². The molecule has 8 nitrogen and oxygen atoms in total. The molecule has 1 aliphatic heterocycles. The van der Waals surface area contributed by atoms with E-state index < -0.39 is 0 Å². The second-order valence-electron chi connectivity index (χ2n) is 7.06. The fourth-order valence-electron chi connectivity index (χ4n) is 3.46. The number of benzene rings is 1. The van der Waals surface area contributed by atoms with E-state index in [9.17, 15) is 0 Å². The Bertz CT molecular complexity index is 762. The number of nitrogens with zero attached hydrogens (tertiary/aromatic N) is 4. The average Bonchev–Trinajstić information content (AvgIpc) is 3.43. The molecule has 1 saturated heterocycles. The lowest BCUT2D eigenvalue weighted by Crippen LogP contribution is -2.44. The summed E-state index contributed by atoms with van der Waals surface area (Å²) < 4.78 is 12.9. The van der Waals surface area contributed by atoms with Gasteiger partial charge in [0.25, 0.3) is 0 Å². The molecule has 0 bridgehead atoms. The Morgan fingerprint density at radius 1 is 1.23 bits per heavy atom. The molecule has 0 spiro atoms. The van der Waals surface area contributed by atoms with Crippen LogP contribution in [0, 0.1) is 0 Å². The molecule has 30 heavy (non-hydrogen) atoms. The fraction of sp³-hybridized carbons (Fsp3) is 0.524. The van der Waals surface area contributed by atoms with Gasteiger partial charge in [-0.05, 0) is 19.8 Å². The van der Waals surface area contributed by atoms with Crippen LogP contribution in [0.4, 0.5) is 5.69 Å². The molecule has 0 amide bonds. The number of rotatable bonds is 9. The molecule has 0 saturated carbocycles. The molecule has 0 aliphatic carbocycles. The van der Waals surface area contributed by atoms with Crippen LogP contribution in [0.1, 0.15) is 19.8 Å². The number of imidazole rings is 1. The summed E-state index contributed by atoms with van der Waals surface area (Å²) >= 11 is 0. The van der Waals surface area contributed by atoms with E-state index in [0.29, 0.717) is 6.04 Å². The number of aryl methyl sites for hydroxylation is 1. The highest BCUT2D eigenvalue weighted by molar-refractivity contribution is 14.0. The van der Waals surface area contributed by atoms with E-state index in [4.69, 9.17) is 14.5 Å². The Kier molecular flexibility index (Phi) is 10.0. The molecule has 1 aromatic carbocycles. The van der Waals surface area contributed by atoms with E-state index in [1.165, 1.54) is 0 Å². The minimum absolute atomic E-state index is 0. The van der Waals surface area contributed by atoms with Gasteiger partial charge in [0.05, 0.1) is 20.5 Å². The van der Waals surface area contributed by atoms with E-state index in [2.05, 4.69) is 44.1 Å². The summed E-state index contributed by atoms with van der Waals surface area (Å²) in [5.41, 5.74) is 1.12. The number of aromatic nitrogens is 2. The number of hydrogen-bond acceptors (Lipinski definition) is 5. The highest BCUT2D eigenvalue weighted by atomic mass is 127. The van der Waals surface area contributed by atoms with Gasteiger partial charge in [-0.1, -0.05) is 0 Å². The van der Waals surface area contributed by atoms with Gasteiger partial charge in [0.2, 0.25) is 0 Å². The van der Waals surface area contributed by atoms with Gasteiger partial charge in [-0.15, -0.1) is 24.0 Å². The highest BCUT2D eigenvalue weighted by Crippen LogP contribution is 2.30. The van der Waals surface area contributed by atoms with E-state index >= 15 is 0 Å². The summed E-state index contributed by atoms with van der Waals surface area (Å²) in [6.07, 6.45) is 7.66. The van der Waals surface area contributed by atoms with Crippen molar-refractivity contribution in [2.75, 3.05) is 45.3 Å². The van der Waals surface area contributed by atoms with E-state index in [1.807, 2.05) is 18.6 Å². The molecule has 2 aromatic rings. The monoisotopic (exact) mass is 528 g/mol.